The summed E-state index contributed by atoms with van der Waals surface area (Å²) in [6.45, 7) is 11.7. The van der Waals surface area contributed by atoms with E-state index in [1.807, 2.05) is 0 Å². The van der Waals surface area contributed by atoms with Crippen LogP contribution in [0.15, 0.2) is 30.3 Å². The molecular weight excluding hydrogens is 418 g/mol. The normalized spacial score (nSPS) is 38.4. The SMILES string of the molecule is CC12CC3CC(C(=O)N4CCCN(CCCN5CCCC5)CC4)(C1)CC(c1ccccc1)(C3)C2. The fourth-order valence-electron chi connectivity index (χ4n) is 9.53. The molecule has 4 atom stereocenters. The summed E-state index contributed by atoms with van der Waals surface area (Å²) in [4.78, 5) is 21.9. The average molecular weight is 464 g/mol. The highest BCUT2D eigenvalue weighted by Gasteiger charge is 2.65. The third-order valence-electron chi connectivity index (χ3n) is 10.2. The van der Waals surface area contributed by atoms with Gasteiger partial charge in [0.25, 0.3) is 0 Å². The molecule has 6 fully saturated rings. The number of hydrogen-bond acceptors (Lipinski definition) is 3. The van der Waals surface area contributed by atoms with E-state index in [2.05, 4.69) is 52.0 Å². The number of benzene rings is 1. The molecule has 2 heterocycles. The fraction of sp³-hybridized carbons (Fsp3) is 0.767. The van der Waals surface area contributed by atoms with Gasteiger partial charge in [-0.1, -0.05) is 37.3 Å². The molecule has 0 radical (unpaired) electrons. The van der Waals surface area contributed by atoms with Crippen molar-refractivity contribution >= 4 is 5.91 Å². The molecule has 1 amide bonds. The lowest BCUT2D eigenvalue weighted by Gasteiger charge is -2.66. The van der Waals surface area contributed by atoms with Crippen molar-refractivity contribution < 1.29 is 4.79 Å². The van der Waals surface area contributed by atoms with Crippen molar-refractivity contribution in [3.63, 3.8) is 0 Å². The first kappa shape index (κ1) is 23.0. The monoisotopic (exact) mass is 463 g/mol. The van der Waals surface area contributed by atoms with Gasteiger partial charge < -0.3 is 14.7 Å². The predicted octanol–water partition coefficient (Wildman–Crippen LogP) is 4.93. The van der Waals surface area contributed by atoms with Crippen LogP contribution in [0.1, 0.15) is 76.7 Å². The van der Waals surface area contributed by atoms with Crippen LogP contribution in [0.4, 0.5) is 0 Å². The van der Waals surface area contributed by atoms with E-state index in [1.165, 1.54) is 70.3 Å². The minimum atomic E-state index is -0.116. The Kier molecular flexibility index (Phi) is 6.05. The molecule has 4 saturated carbocycles. The number of carbonyl (C=O) groups excluding carboxylic acids is 1. The van der Waals surface area contributed by atoms with Crippen molar-refractivity contribution in [1.82, 2.24) is 14.7 Å². The first-order chi connectivity index (χ1) is 16.5. The van der Waals surface area contributed by atoms with Gasteiger partial charge in [-0.2, -0.15) is 0 Å². The molecule has 0 aromatic heterocycles. The molecule has 34 heavy (non-hydrogen) atoms. The van der Waals surface area contributed by atoms with Crippen molar-refractivity contribution in [2.75, 3.05) is 52.4 Å². The zero-order valence-electron chi connectivity index (χ0n) is 21.4. The molecule has 6 aliphatic rings. The number of amides is 1. The minimum absolute atomic E-state index is 0.116. The average Bonchev–Trinajstić information content (AvgIpc) is 3.22. The van der Waals surface area contributed by atoms with Crippen molar-refractivity contribution in [1.29, 1.82) is 0 Å². The summed E-state index contributed by atoms with van der Waals surface area (Å²) in [5.41, 5.74) is 1.94. The minimum Gasteiger partial charge on any atom is -0.341 e. The lowest BCUT2D eigenvalue weighted by Crippen LogP contribution is -2.62. The molecule has 4 nitrogen and oxygen atoms in total. The van der Waals surface area contributed by atoms with E-state index in [4.69, 9.17) is 0 Å². The van der Waals surface area contributed by atoms with Crippen LogP contribution in [0.3, 0.4) is 0 Å². The Bertz CT molecular complexity index is 882. The smallest absolute Gasteiger partial charge is 0.228 e. The molecule has 4 unspecified atom stereocenters. The lowest BCUT2D eigenvalue weighted by atomic mass is 9.38. The third kappa shape index (κ3) is 4.23. The van der Waals surface area contributed by atoms with Crippen molar-refractivity contribution in [3.8, 4) is 0 Å². The molecule has 0 spiro atoms. The zero-order chi connectivity index (χ0) is 23.2. The van der Waals surface area contributed by atoms with Crippen molar-refractivity contribution in [2.45, 2.75) is 76.5 Å². The first-order valence-corrected chi connectivity index (χ1v) is 14.3. The highest BCUT2D eigenvalue weighted by molar-refractivity contribution is 5.84. The molecule has 2 saturated heterocycles. The van der Waals surface area contributed by atoms with Gasteiger partial charge >= 0.3 is 0 Å². The van der Waals surface area contributed by atoms with E-state index in [9.17, 15) is 4.79 Å². The number of likely N-dealkylation sites (tertiary alicyclic amines) is 1. The second kappa shape index (κ2) is 8.92. The molecule has 4 aliphatic carbocycles. The molecule has 1 aromatic carbocycles. The maximum Gasteiger partial charge on any atom is 0.228 e. The maximum atomic E-state index is 14.3. The zero-order valence-corrected chi connectivity index (χ0v) is 21.4. The number of hydrogen-bond donors (Lipinski definition) is 0. The van der Waals surface area contributed by atoms with Gasteiger partial charge in [0.2, 0.25) is 5.91 Å². The topological polar surface area (TPSA) is 26.8 Å². The Labute approximate surface area is 207 Å². The summed E-state index contributed by atoms with van der Waals surface area (Å²) < 4.78 is 0. The van der Waals surface area contributed by atoms with Gasteiger partial charge in [-0.3, -0.25) is 4.79 Å². The number of nitrogens with zero attached hydrogens (tertiary/aromatic N) is 3. The standard InChI is InChI=1S/C30H45N3O/c1-28-19-25-20-29(22-28,26-9-3-2-4-10-26)24-30(21-25,23-28)27(34)33-16-8-15-32(17-18-33)14-7-13-31-11-5-6-12-31/h2-4,9-10,25H,5-8,11-24H2,1H3. The fourth-order valence-corrected chi connectivity index (χ4v) is 9.53. The van der Waals surface area contributed by atoms with E-state index in [0.717, 1.165) is 57.8 Å². The number of rotatable bonds is 6. The summed E-state index contributed by atoms with van der Waals surface area (Å²) in [7, 11) is 0. The number of carbonyl (C=O) groups is 1. The molecule has 4 bridgehead atoms. The summed E-state index contributed by atoms with van der Waals surface area (Å²) in [5.74, 6) is 1.24. The Morgan fingerprint density at radius 2 is 1.56 bits per heavy atom. The van der Waals surface area contributed by atoms with Crippen LogP contribution in [0.2, 0.25) is 0 Å². The summed E-state index contributed by atoms with van der Waals surface area (Å²) in [6, 6.07) is 11.2. The van der Waals surface area contributed by atoms with Crippen LogP contribution in [0, 0.1) is 16.7 Å². The Balaban J connectivity index is 1.14. The van der Waals surface area contributed by atoms with Gasteiger partial charge in [-0.25, -0.2) is 0 Å². The Morgan fingerprint density at radius 1 is 0.824 bits per heavy atom. The van der Waals surface area contributed by atoms with Crippen LogP contribution in [-0.2, 0) is 10.2 Å². The highest BCUT2D eigenvalue weighted by Crippen LogP contribution is 2.70. The highest BCUT2D eigenvalue weighted by atomic mass is 16.2. The second-order valence-electron chi connectivity index (χ2n) is 13.1. The second-order valence-corrected chi connectivity index (χ2v) is 13.1. The van der Waals surface area contributed by atoms with E-state index in [1.54, 1.807) is 0 Å². The summed E-state index contributed by atoms with van der Waals surface area (Å²) in [6.07, 6.45) is 12.4. The summed E-state index contributed by atoms with van der Waals surface area (Å²) in [5, 5.41) is 0. The van der Waals surface area contributed by atoms with E-state index >= 15 is 0 Å². The maximum absolute atomic E-state index is 14.3. The van der Waals surface area contributed by atoms with Crippen LogP contribution in [0.25, 0.3) is 0 Å². The Hall–Kier alpha value is -1.39. The molecule has 0 N–H and O–H groups in total. The van der Waals surface area contributed by atoms with Crippen molar-refractivity contribution in [2.24, 2.45) is 16.7 Å². The molecule has 186 valence electrons. The van der Waals surface area contributed by atoms with Gasteiger partial charge in [-0.05, 0) is 119 Å². The van der Waals surface area contributed by atoms with Gasteiger partial charge in [-0.15, -0.1) is 0 Å². The quantitative estimate of drug-likeness (QED) is 0.598. The van der Waals surface area contributed by atoms with Crippen LogP contribution in [-0.4, -0.2) is 73.0 Å². The predicted molar refractivity (Wildman–Crippen MR) is 138 cm³/mol. The molecule has 4 heteroatoms. The first-order valence-electron chi connectivity index (χ1n) is 14.3. The van der Waals surface area contributed by atoms with E-state index in [0.29, 0.717) is 11.3 Å². The third-order valence-corrected chi connectivity index (χ3v) is 10.2. The van der Waals surface area contributed by atoms with Crippen LogP contribution in [0.5, 0.6) is 0 Å². The summed E-state index contributed by atoms with van der Waals surface area (Å²) >= 11 is 0. The van der Waals surface area contributed by atoms with Gasteiger partial charge in [0.05, 0.1) is 5.41 Å². The van der Waals surface area contributed by atoms with Crippen LogP contribution >= 0.6 is 0 Å². The van der Waals surface area contributed by atoms with Gasteiger partial charge in [0.1, 0.15) is 0 Å². The molecule has 1 aromatic rings. The lowest BCUT2D eigenvalue weighted by molar-refractivity contribution is -0.170. The van der Waals surface area contributed by atoms with Gasteiger partial charge in [0.15, 0.2) is 0 Å². The largest absolute Gasteiger partial charge is 0.341 e. The van der Waals surface area contributed by atoms with E-state index in [-0.39, 0.29) is 10.8 Å². The van der Waals surface area contributed by atoms with Crippen LogP contribution < -0.4 is 0 Å². The Morgan fingerprint density at radius 3 is 2.32 bits per heavy atom. The molecular formula is C30H45N3O. The van der Waals surface area contributed by atoms with E-state index < -0.39 is 0 Å². The van der Waals surface area contributed by atoms with Crippen molar-refractivity contribution in [3.05, 3.63) is 35.9 Å². The van der Waals surface area contributed by atoms with Gasteiger partial charge in [0, 0.05) is 19.6 Å². The molecule has 7 rings (SSSR count). The molecule has 2 aliphatic heterocycles.